The Hall–Kier alpha value is -1.27. The van der Waals surface area contributed by atoms with Crippen LogP contribution in [0.3, 0.4) is 0 Å². The fraction of sp³-hybridized carbons (Fsp3) is 0.562. The number of nitrogens with one attached hydrogen (secondary N) is 1. The first-order valence-electron chi connectivity index (χ1n) is 7.51. The molecule has 6 heteroatoms. The molecule has 1 aromatic carbocycles. The van der Waals surface area contributed by atoms with Crippen molar-refractivity contribution in [2.45, 2.75) is 37.8 Å². The summed E-state index contributed by atoms with van der Waals surface area (Å²) in [5, 5.41) is 3.04. The van der Waals surface area contributed by atoms with Crippen LogP contribution in [0.1, 0.15) is 36.5 Å². The number of amides is 1. The van der Waals surface area contributed by atoms with Crippen molar-refractivity contribution in [1.82, 2.24) is 5.32 Å². The maximum Gasteiger partial charge on any atom is 0.251 e. The third-order valence-electron chi connectivity index (χ3n) is 4.60. The summed E-state index contributed by atoms with van der Waals surface area (Å²) >= 11 is 3.44. The van der Waals surface area contributed by atoms with E-state index in [4.69, 9.17) is 14.2 Å². The second-order valence-electron chi connectivity index (χ2n) is 5.80. The molecule has 0 saturated heterocycles. The Balaban J connectivity index is 1.76. The summed E-state index contributed by atoms with van der Waals surface area (Å²) < 4.78 is 17.5. The predicted molar refractivity (Wildman–Crippen MR) is 85.7 cm³/mol. The Morgan fingerprint density at radius 2 is 2.09 bits per heavy atom. The zero-order valence-corrected chi connectivity index (χ0v) is 14.4. The van der Waals surface area contributed by atoms with Crippen molar-refractivity contribution in [1.29, 1.82) is 0 Å². The molecule has 1 saturated carbocycles. The highest BCUT2D eigenvalue weighted by atomic mass is 79.9. The first kappa shape index (κ1) is 15.6. The maximum absolute atomic E-state index is 12.5. The first-order valence-corrected chi connectivity index (χ1v) is 8.30. The molecule has 1 atom stereocenters. The van der Waals surface area contributed by atoms with Gasteiger partial charge in [0.2, 0.25) is 0 Å². The Morgan fingerprint density at radius 3 is 2.73 bits per heavy atom. The molecule has 0 spiro atoms. The third-order valence-corrected chi connectivity index (χ3v) is 5.19. The van der Waals surface area contributed by atoms with Crippen molar-refractivity contribution in [3.05, 3.63) is 22.2 Å². The van der Waals surface area contributed by atoms with Crippen molar-refractivity contribution in [2.75, 3.05) is 20.3 Å². The van der Waals surface area contributed by atoms with Crippen molar-refractivity contribution in [2.24, 2.45) is 0 Å². The summed E-state index contributed by atoms with van der Waals surface area (Å²) in [5.74, 6) is 1.13. The monoisotopic (exact) mass is 369 g/mol. The number of hydrogen-bond acceptors (Lipinski definition) is 4. The lowest BCUT2D eigenvalue weighted by molar-refractivity contribution is -0.0919. The van der Waals surface area contributed by atoms with E-state index in [2.05, 4.69) is 21.2 Å². The average molecular weight is 370 g/mol. The van der Waals surface area contributed by atoms with Gasteiger partial charge in [0.1, 0.15) is 13.2 Å². The van der Waals surface area contributed by atoms with E-state index >= 15 is 0 Å². The minimum Gasteiger partial charge on any atom is -0.486 e. The smallest absolute Gasteiger partial charge is 0.251 e. The summed E-state index contributed by atoms with van der Waals surface area (Å²) in [6.45, 7) is 3.01. The first-order chi connectivity index (χ1) is 10.6. The molecule has 120 valence electrons. The molecule has 1 N–H and O–H groups in total. The second kappa shape index (κ2) is 6.08. The molecule has 0 radical (unpaired) electrons. The van der Waals surface area contributed by atoms with Crippen LogP contribution in [0.25, 0.3) is 0 Å². The van der Waals surface area contributed by atoms with E-state index in [1.807, 2.05) is 6.92 Å². The molecule has 1 unspecified atom stereocenters. The van der Waals surface area contributed by atoms with E-state index in [-0.39, 0.29) is 17.6 Å². The van der Waals surface area contributed by atoms with Crippen LogP contribution >= 0.6 is 15.9 Å². The Kier molecular flexibility index (Phi) is 4.32. The fourth-order valence-corrected chi connectivity index (χ4v) is 3.55. The highest BCUT2D eigenvalue weighted by Crippen LogP contribution is 2.40. The number of carbonyl (C=O) groups is 1. The Labute approximate surface area is 138 Å². The molecule has 22 heavy (non-hydrogen) atoms. The Morgan fingerprint density at radius 1 is 1.36 bits per heavy atom. The third kappa shape index (κ3) is 2.70. The second-order valence-corrected chi connectivity index (χ2v) is 6.65. The van der Waals surface area contributed by atoms with Gasteiger partial charge in [0, 0.05) is 12.7 Å². The van der Waals surface area contributed by atoms with Crippen LogP contribution in [0, 0.1) is 0 Å². The molecular weight excluding hydrogens is 350 g/mol. The Bertz CT molecular complexity index is 580. The molecule has 0 bridgehead atoms. The largest absolute Gasteiger partial charge is 0.486 e. The zero-order valence-electron chi connectivity index (χ0n) is 12.8. The van der Waals surface area contributed by atoms with Gasteiger partial charge in [-0.2, -0.15) is 0 Å². The van der Waals surface area contributed by atoms with Gasteiger partial charge in [0.25, 0.3) is 5.91 Å². The van der Waals surface area contributed by atoms with Crippen LogP contribution < -0.4 is 14.8 Å². The fourth-order valence-electron chi connectivity index (χ4n) is 2.99. The van der Waals surface area contributed by atoms with E-state index < -0.39 is 0 Å². The number of benzene rings is 1. The molecule has 1 aliphatic heterocycles. The number of hydrogen-bond donors (Lipinski definition) is 1. The van der Waals surface area contributed by atoms with Crippen molar-refractivity contribution >= 4 is 21.8 Å². The highest BCUT2D eigenvalue weighted by Gasteiger charge is 2.43. The number of halogens is 1. The molecule has 2 aliphatic rings. The number of rotatable bonds is 4. The molecule has 0 aromatic heterocycles. The molecular formula is C16H20BrNO4. The lowest BCUT2D eigenvalue weighted by atomic mass is 9.75. The van der Waals surface area contributed by atoms with Crippen LogP contribution in [0.5, 0.6) is 11.5 Å². The number of fused-ring (bicyclic) bond motifs is 1. The van der Waals surface area contributed by atoms with Gasteiger partial charge in [-0.1, -0.05) is 0 Å². The molecule has 1 aliphatic carbocycles. The minimum absolute atomic E-state index is 0.0364. The van der Waals surface area contributed by atoms with Crippen LogP contribution in [-0.4, -0.2) is 37.9 Å². The van der Waals surface area contributed by atoms with Gasteiger partial charge in [0.15, 0.2) is 11.5 Å². The standard InChI is InChI=1S/C16H20BrNO4/c1-10(16(20-2)4-3-5-16)18-15(19)11-8-12(17)14-13(9-11)21-6-7-22-14/h8-10H,3-7H2,1-2H3,(H,18,19). The summed E-state index contributed by atoms with van der Waals surface area (Å²) in [6, 6.07) is 3.45. The van der Waals surface area contributed by atoms with Crippen LogP contribution in [0.4, 0.5) is 0 Å². The lowest BCUT2D eigenvalue weighted by Crippen LogP contribution is -2.56. The maximum atomic E-state index is 12.5. The predicted octanol–water partition coefficient (Wildman–Crippen LogP) is 2.91. The quantitative estimate of drug-likeness (QED) is 0.886. The topological polar surface area (TPSA) is 56.8 Å². The van der Waals surface area contributed by atoms with Gasteiger partial charge in [-0.25, -0.2) is 0 Å². The molecule has 5 nitrogen and oxygen atoms in total. The lowest BCUT2D eigenvalue weighted by Gasteiger charge is -2.45. The SMILES string of the molecule is COC1(C(C)NC(=O)c2cc(Br)c3c(c2)OCCO3)CCC1. The van der Waals surface area contributed by atoms with Gasteiger partial charge in [-0.3, -0.25) is 4.79 Å². The summed E-state index contributed by atoms with van der Waals surface area (Å²) in [4.78, 5) is 12.5. The van der Waals surface area contributed by atoms with Gasteiger partial charge >= 0.3 is 0 Å². The van der Waals surface area contributed by atoms with Crippen molar-refractivity contribution < 1.29 is 19.0 Å². The van der Waals surface area contributed by atoms with Gasteiger partial charge in [0.05, 0.1) is 16.1 Å². The van der Waals surface area contributed by atoms with Gasteiger partial charge in [-0.05, 0) is 54.2 Å². The molecule has 1 aromatic rings. The number of carbonyl (C=O) groups excluding carboxylic acids is 1. The number of ether oxygens (including phenoxy) is 3. The summed E-state index contributed by atoms with van der Waals surface area (Å²) in [5.41, 5.74) is 0.328. The van der Waals surface area contributed by atoms with Gasteiger partial charge < -0.3 is 19.5 Å². The highest BCUT2D eigenvalue weighted by molar-refractivity contribution is 9.10. The van der Waals surface area contributed by atoms with E-state index in [9.17, 15) is 4.79 Å². The molecule has 1 amide bonds. The van der Waals surface area contributed by atoms with E-state index in [1.54, 1.807) is 19.2 Å². The van der Waals surface area contributed by atoms with E-state index in [1.165, 1.54) is 0 Å². The van der Waals surface area contributed by atoms with Gasteiger partial charge in [-0.15, -0.1) is 0 Å². The van der Waals surface area contributed by atoms with Crippen molar-refractivity contribution in [3.8, 4) is 11.5 Å². The molecule has 1 fully saturated rings. The average Bonchev–Trinajstić information content (AvgIpc) is 2.46. The molecule has 3 rings (SSSR count). The molecule has 1 heterocycles. The van der Waals surface area contributed by atoms with Crippen LogP contribution in [-0.2, 0) is 4.74 Å². The number of methoxy groups -OCH3 is 1. The summed E-state index contributed by atoms with van der Waals surface area (Å²) in [6.07, 6.45) is 3.11. The van der Waals surface area contributed by atoms with Crippen molar-refractivity contribution in [3.63, 3.8) is 0 Å². The summed E-state index contributed by atoms with van der Waals surface area (Å²) in [7, 11) is 1.71. The van der Waals surface area contributed by atoms with Crippen LogP contribution in [0.15, 0.2) is 16.6 Å². The minimum atomic E-state index is -0.222. The van der Waals surface area contributed by atoms with E-state index in [0.29, 0.717) is 30.3 Å². The van der Waals surface area contributed by atoms with Crippen LogP contribution in [0.2, 0.25) is 0 Å². The zero-order chi connectivity index (χ0) is 15.7. The van der Waals surface area contributed by atoms with E-state index in [0.717, 1.165) is 23.7 Å². The normalized spacial score (nSPS) is 20.0.